The maximum atomic E-state index is 12.0. The van der Waals surface area contributed by atoms with E-state index in [2.05, 4.69) is 11.4 Å². The largest absolute Gasteiger partial charge is 0.325 e. The molecule has 0 radical (unpaired) electrons. The second-order valence-electron chi connectivity index (χ2n) is 4.89. The number of benzene rings is 1. The second kappa shape index (κ2) is 7.55. The van der Waals surface area contributed by atoms with Crippen molar-refractivity contribution in [1.82, 2.24) is 4.90 Å². The van der Waals surface area contributed by atoms with Gasteiger partial charge in [-0.1, -0.05) is 12.1 Å². The van der Waals surface area contributed by atoms with E-state index < -0.39 is 0 Å². The summed E-state index contributed by atoms with van der Waals surface area (Å²) < 4.78 is 0. The average molecular weight is 259 g/mol. The number of amides is 1. The van der Waals surface area contributed by atoms with Gasteiger partial charge in [-0.05, 0) is 38.5 Å². The Hall–Kier alpha value is -1.86. The Bertz CT molecular complexity index is 463. The lowest BCUT2D eigenvalue weighted by atomic mass is 10.2. The molecule has 0 heterocycles. The lowest BCUT2D eigenvalue weighted by Crippen LogP contribution is -2.38. The summed E-state index contributed by atoms with van der Waals surface area (Å²) in [5.74, 6) is -0.0442. The van der Waals surface area contributed by atoms with Crippen molar-refractivity contribution in [2.45, 2.75) is 33.2 Å². The van der Waals surface area contributed by atoms with Gasteiger partial charge in [0.15, 0.2) is 0 Å². The summed E-state index contributed by atoms with van der Waals surface area (Å²) in [6.07, 6.45) is 0.440. The molecular weight excluding hydrogens is 238 g/mol. The van der Waals surface area contributed by atoms with Crippen LogP contribution in [-0.2, 0) is 4.79 Å². The smallest absolute Gasteiger partial charge is 0.238 e. The zero-order chi connectivity index (χ0) is 14.3. The van der Waals surface area contributed by atoms with E-state index in [4.69, 9.17) is 5.26 Å². The summed E-state index contributed by atoms with van der Waals surface area (Å²) in [4.78, 5) is 14.0. The van der Waals surface area contributed by atoms with Gasteiger partial charge in [0.2, 0.25) is 5.91 Å². The van der Waals surface area contributed by atoms with Crippen LogP contribution < -0.4 is 5.32 Å². The maximum Gasteiger partial charge on any atom is 0.238 e. The van der Waals surface area contributed by atoms with Crippen molar-refractivity contribution < 1.29 is 4.79 Å². The molecule has 0 fully saturated rings. The molecule has 1 amide bonds. The van der Waals surface area contributed by atoms with E-state index in [9.17, 15) is 4.79 Å². The normalized spacial score (nSPS) is 10.5. The number of hydrogen-bond acceptors (Lipinski definition) is 3. The summed E-state index contributed by atoms with van der Waals surface area (Å²) in [7, 11) is 0. The standard InChI is InChI=1S/C15H21N3O/c1-12(2)18(9-5-8-16)11-15(19)17-14-7-4-6-13(3)10-14/h4,6-7,10,12H,5,9,11H2,1-3H3,(H,17,19). The van der Waals surface area contributed by atoms with Crippen LogP contribution in [0.25, 0.3) is 0 Å². The third kappa shape index (κ3) is 5.54. The average Bonchev–Trinajstić information content (AvgIpc) is 2.34. The first-order valence-electron chi connectivity index (χ1n) is 6.50. The molecule has 4 nitrogen and oxygen atoms in total. The summed E-state index contributed by atoms with van der Waals surface area (Å²) in [5, 5.41) is 11.5. The van der Waals surface area contributed by atoms with Gasteiger partial charge in [-0.15, -0.1) is 0 Å². The van der Waals surface area contributed by atoms with E-state index >= 15 is 0 Å². The van der Waals surface area contributed by atoms with E-state index in [1.54, 1.807) is 0 Å². The van der Waals surface area contributed by atoms with Crippen molar-refractivity contribution in [3.8, 4) is 6.07 Å². The Balaban J connectivity index is 2.55. The van der Waals surface area contributed by atoms with E-state index in [1.807, 2.05) is 49.9 Å². The van der Waals surface area contributed by atoms with E-state index in [0.717, 1.165) is 11.3 Å². The maximum absolute atomic E-state index is 12.0. The highest BCUT2D eigenvalue weighted by molar-refractivity contribution is 5.92. The van der Waals surface area contributed by atoms with Crippen LogP contribution in [0.15, 0.2) is 24.3 Å². The minimum Gasteiger partial charge on any atom is -0.325 e. The van der Waals surface area contributed by atoms with E-state index in [0.29, 0.717) is 19.5 Å². The molecule has 0 saturated carbocycles. The van der Waals surface area contributed by atoms with Gasteiger partial charge >= 0.3 is 0 Å². The first kappa shape index (κ1) is 15.2. The van der Waals surface area contributed by atoms with Crippen LogP contribution in [-0.4, -0.2) is 29.9 Å². The minimum absolute atomic E-state index is 0.0442. The second-order valence-corrected chi connectivity index (χ2v) is 4.89. The molecule has 0 unspecified atom stereocenters. The predicted molar refractivity (Wildman–Crippen MR) is 76.7 cm³/mol. The Morgan fingerprint density at radius 3 is 2.79 bits per heavy atom. The van der Waals surface area contributed by atoms with Crippen LogP contribution in [0.4, 0.5) is 5.69 Å². The Morgan fingerprint density at radius 2 is 2.21 bits per heavy atom. The quantitative estimate of drug-likeness (QED) is 0.854. The number of carbonyl (C=O) groups excluding carboxylic acids is 1. The fourth-order valence-corrected chi connectivity index (χ4v) is 1.82. The van der Waals surface area contributed by atoms with E-state index in [-0.39, 0.29) is 11.9 Å². The summed E-state index contributed by atoms with van der Waals surface area (Å²) >= 11 is 0. The molecule has 0 aliphatic heterocycles. The fourth-order valence-electron chi connectivity index (χ4n) is 1.82. The SMILES string of the molecule is Cc1cccc(NC(=O)CN(CCC#N)C(C)C)c1. The molecule has 19 heavy (non-hydrogen) atoms. The lowest BCUT2D eigenvalue weighted by molar-refractivity contribution is -0.117. The van der Waals surface area contributed by atoms with Gasteiger partial charge in [0.25, 0.3) is 0 Å². The first-order chi connectivity index (χ1) is 9.02. The van der Waals surface area contributed by atoms with Crippen molar-refractivity contribution in [2.75, 3.05) is 18.4 Å². The van der Waals surface area contributed by atoms with Crippen LogP contribution in [0, 0.1) is 18.3 Å². The first-order valence-corrected chi connectivity index (χ1v) is 6.50. The topological polar surface area (TPSA) is 56.1 Å². The van der Waals surface area contributed by atoms with Gasteiger partial charge in [0, 0.05) is 24.7 Å². The van der Waals surface area contributed by atoms with Gasteiger partial charge in [-0.3, -0.25) is 9.69 Å². The van der Waals surface area contributed by atoms with Gasteiger partial charge in [-0.2, -0.15) is 5.26 Å². The van der Waals surface area contributed by atoms with Gasteiger partial charge < -0.3 is 5.32 Å². The van der Waals surface area contributed by atoms with Crippen LogP contribution in [0.3, 0.4) is 0 Å². The van der Waals surface area contributed by atoms with Crippen LogP contribution in [0.1, 0.15) is 25.8 Å². The molecule has 0 saturated heterocycles. The van der Waals surface area contributed by atoms with Crippen LogP contribution in [0.2, 0.25) is 0 Å². The molecule has 1 aromatic carbocycles. The molecule has 1 rings (SSSR count). The van der Waals surface area contributed by atoms with E-state index in [1.165, 1.54) is 0 Å². The van der Waals surface area contributed by atoms with Gasteiger partial charge in [0.05, 0.1) is 12.6 Å². The Kier molecular flexibility index (Phi) is 6.04. The van der Waals surface area contributed by atoms with Crippen molar-refractivity contribution in [2.24, 2.45) is 0 Å². The number of aryl methyl sites for hydroxylation is 1. The fraction of sp³-hybridized carbons (Fsp3) is 0.467. The minimum atomic E-state index is -0.0442. The number of rotatable bonds is 6. The lowest BCUT2D eigenvalue weighted by Gasteiger charge is -2.24. The van der Waals surface area contributed by atoms with Gasteiger partial charge in [-0.25, -0.2) is 0 Å². The molecule has 0 aliphatic carbocycles. The summed E-state index contributed by atoms with van der Waals surface area (Å²) in [5.41, 5.74) is 1.93. The number of anilines is 1. The number of nitriles is 1. The molecule has 0 bridgehead atoms. The summed E-state index contributed by atoms with van der Waals surface area (Å²) in [6.45, 7) is 6.97. The monoisotopic (exact) mass is 259 g/mol. The molecule has 0 aliphatic rings. The highest BCUT2D eigenvalue weighted by atomic mass is 16.2. The third-order valence-electron chi connectivity index (χ3n) is 2.89. The van der Waals surface area contributed by atoms with Crippen molar-refractivity contribution in [3.63, 3.8) is 0 Å². The molecule has 4 heteroatoms. The molecule has 0 aromatic heterocycles. The van der Waals surface area contributed by atoms with Crippen LogP contribution >= 0.6 is 0 Å². The number of nitrogens with one attached hydrogen (secondary N) is 1. The van der Waals surface area contributed by atoms with Crippen molar-refractivity contribution >= 4 is 11.6 Å². The molecule has 0 atom stereocenters. The van der Waals surface area contributed by atoms with Crippen molar-refractivity contribution in [1.29, 1.82) is 5.26 Å². The summed E-state index contributed by atoms with van der Waals surface area (Å²) in [6, 6.07) is 10.1. The molecule has 1 aromatic rings. The van der Waals surface area contributed by atoms with Crippen molar-refractivity contribution in [3.05, 3.63) is 29.8 Å². The highest BCUT2D eigenvalue weighted by Crippen LogP contribution is 2.09. The zero-order valence-electron chi connectivity index (χ0n) is 11.8. The van der Waals surface area contributed by atoms with Crippen LogP contribution in [0.5, 0.6) is 0 Å². The number of nitrogens with zero attached hydrogens (tertiary/aromatic N) is 2. The Morgan fingerprint density at radius 1 is 1.47 bits per heavy atom. The molecule has 102 valence electrons. The Labute approximate surface area is 115 Å². The number of carbonyl (C=O) groups is 1. The zero-order valence-corrected chi connectivity index (χ0v) is 11.8. The predicted octanol–water partition coefficient (Wildman–Crippen LogP) is 2.56. The molecular formula is C15H21N3O. The number of hydrogen-bond donors (Lipinski definition) is 1. The third-order valence-corrected chi connectivity index (χ3v) is 2.89. The molecule has 0 spiro atoms. The van der Waals surface area contributed by atoms with Gasteiger partial charge in [0.1, 0.15) is 0 Å². The highest BCUT2D eigenvalue weighted by Gasteiger charge is 2.13. The molecule has 1 N–H and O–H groups in total.